The lowest BCUT2D eigenvalue weighted by Gasteiger charge is -2.06. The SMILES string of the molecule is C=CC1=CC=C(Cn2ccnc2C)C1. The van der Waals surface area contributed by atoms with Gasteiger partial charge in [0.05, 0.1) is 0 Å². The third kappa shape index (κ3) is 1.69. The number of imidazole rings is 1. The van der Waals surface area contributed by atoms with Crippen LogP contribution in [-0.2, 0) is 6.54 Å². The van der Waals surface area contributed by atoms with Crippen molar-refractivity contribution in [3.05, 3.63) is 54.2 Å². The van der Waals surface area contributed by atoms with Gasteiger partial charge in [0.15, 0.2) is 0 Å². The molecule has 14 heavy (non-hydrogen) atoms. The molecular formula is C12H14N2. The highest BCUT2D eigenvalue weighted by Gasteiger charge is 2.07. The van der Waals surface area contributed by atoms with Gasteiger partial charge in [-0.3, -0.25) is 0 Å². The van der Waals surface area contributed by atoms with E-state index in [0.29, 0.717) is 0 Å². The minimum atomic E-state index is 0.944. The molecule has 1 aliphatic carbocycles. The van der Waals surface area contributed by atoms with Gasteiger partial charge in [-0.2, -0.15) is 0 Å². The molecule has 0 saturated heterocycles. The van der Waals surface area contributed by atoms with Crippen LogP contribution in [0.2, 0.25) is 0 Å². The largest absolute Gasteiger partial charge is 0.331 e. The van der Waals surface area contributed by atoms with Crippen LogP contribution in [0.5, 0.6) is 0 Å². The number of aryl methyl sites for hydroxylation is 1. The van der Waals surface area contributed by atoms with Gasteiger partial charge in [0.25, 0.3) is 0 Å². The van der Waals surface area contributed by atoms with E-state index in [0.717, 1.165) is 18.8 Å². The molecule has 0 radical (unpaired) electrons. The lowest BCUT2D eigenvalue weighted by molar-refractivity contribution is 0.738. The molecular weight excluding hydrogens is 172 g/mol. The predicted octanol–water partition coefficient (Wildman–Crippen LogP) is 2.63. The Morgan fingerprint density at radius 3 is 3.00 bits per heavy atom. The number of allylic oxidation sites excluding steroid dienone is 5. The van der Waals surface area contributed by atoms with Crippen molar-refractivity contribution in [2.24, 2.45) is 0 Å². The molecule has 0 bridgehead atoms. The van der Waals surface area contributed by atoms with Crippen LogP contribution in [0, 0.1) is 6.92 Å². The normalized spacial score (nSPS) is 15.2. The Labute approximate surface area is 84.3 Å². The Morgan fingerprint density at radius 1 is 1.57 bits per heavy atom. The molecule has 0 aliphatic heterocycles. The van der Waals surface area contributed by atoms with E-state index in [-0.39, 0.29) is 0 Å². The summed E-state index contributed by atoms with van der Waals surface area (Å²) in [6.45, 7) is 6.74. The Bertz CT molecular complexity index is 408. The molecule has 0 aromatic carbocycles. The lowest BCUT2D eigenvalue weighted by Crippen LogP contribution is -2.01. The molecule has 0 atom stereocenters. The zero-order valence-corrected chi connectivity index (χ0v) is 8.40. The van der Waals surface area contributed by atoms with Gasteiger partial charge < -0.3 is 4.57 Å². The van der Waals surface area contributed by atoms with Crippen molar-refractivity contribution in [1.29, 1.82) is 0 Å². The Kier molecular flexibility index (Phi) is 2.35. The van der Waals surface area contributed by atoms with Gasteiger partial charge in [-0.15, -0.1) is 0 Å². The van der Waals surface area contributed by atoms with Crippen molar-refractivity contribution in [2.45, 2.75) is 19.9 Å². The van der Waals surface area contributed by atoms with Crippen LogP contribution < -0.4 is 0 Å². The van der Waals surface area contributed by atoms with E-state index in [1.807, 2.05) is 25.4 Å². The fourth-order valence-corrected chi connectivity index (χ4v) is 1.64. The van der Waals surface area contributed by atoms with Crippen molar-refractivity contribution < 1.29 is 0 Å². The average molecular weight is 186 g/mol. The van der Waals surface area contributed by atoms with Crippen molar-refractivity contribution in [2.75, 3.05) is 0 Å². The van der Waals surface area contributed by atoms with Gasteiger partial charge in [0.2, 0.25) is 0 Å². The van der Waals surface area contributed by atoms with E-state index in [1.165, 1.54) is 11.1 Å². The summed E-state index contributed by atoms with van der Waals surface area (Å²) in [6.07, 6.45) is 11.1. The van der Waals surface area contributed by atoms with Gasteiger partial charge >= 0.3 is 0 Å². The van der Waals surface area contributed by atoms with Crippen molar-refractivity contribution in [3.63, 3.8) is 0 Å². The van der Waals surface area contributed by atoms with Crippen LogP contribution in [0.1, 0.15) is 12.2 Å². The van der Waals surface area contributed by atoms with E-state index in [2.05, 4.69) is 28.3 Å². The summed E-state index contributed by atoms with van der Waals surface area (Å²) in [7, 11) is 0. The van der Waals surface area contributed by atoms with E-state index < -0.39 is 0 Å². The summed E-state index contributed by atoms with van der Waals surface area (Å²) >= 11 is 0. The molecule has 2 rings (SSSR count). The molecule has 1 aliphatic rings. The van der Waals surface area contributed by atoms with E-state index in [4.69, 9.17) is 0 Å². The van der Waals surface area contributed by atoms with Gasteiger partial charge in [-0.1, -0.05) is 24.8 Å². The number of nitrogens with zero attached hydrogens (tertiary/aromatic N) is 2. The van der Waals surface area contributed by atoms with Crippen LogP contribution >= 0.6 is 0 Å². The highest BCUT2D eigenvalue weighted by molar-refractivity contribution is 5.36. The van der Waals surface area contributed by atoms with Crippen LogP contribution in [0.15, 0.2) is 48.3 Å². The predicted molar refractivity (Wildman–Crippen MR) is 57.9 cm³/mol. The van der Waals surface area contributed by atoms with Crippen molar-refractivity contribution in [3.8, 4) is 0 Å². The molecule has 2 heteroatoms. The zero-order chi connectivity index (χ0) is 9.97. The number of hydrogen-bond donors (Lipinski definition) is 0. The smallest absolute Gasteiger partial charge is 0.105 e. The van der Waals surface area contributed by atoms with Gasteiger partial charge in [-0.05, 0) is 24.5 Å². The zero-order valence-electron chi connectivity index (χ0n) is 8.40. The molecule has 1 aromatic heterocycles. The summed E-state index contributed by atoms with van der Waals surface area (Å²) in [5.41, 5.74) is 2.72. The highest BCUT2D eigenvalue weighted by atomic mass is 15.0. The Balaban J connectivity index is 2.02. The van der Waals surface area contributed by atoms with Crippen molar-refractivity contribution in [1.82, 2.24) is 9.55 Å². The van der Waals surface area contributed by atoms with Crippen LogP contribution in [0.4, 0.5) is 0 Å². The van der Waals surface area contributed by atoms with Gasteiger partial charge in [-0.25, -0.2) is 4.98 Å². The van der Waals surface area contributed by atoms with Gasteiger partial charge in [0, 0.05) is 18.9 Å². The molecule has 1 heterocycles. The molecule has 0 unspecified atom stereocenters. The first-order valence-electron chi connectivity index (χ1n) is 4.78. The summed E-state index contributed by atoms with van der Waals surface area (Å²) in [6, 6.07) is 0. The fraction of sp³-hybridized carbons (Fsp3) is 0.250. The molecule has 0 spiro atoms. The monoisotopic (exact) mass is 186 g/mol. The molecule has 2 nitrogen and oxygen atoms in total. The lowest BCUT2D eigenvalue weighted by atomic mass is 10.1. The van der Waals surface area contributed by atoms with Crippen LogP contribution in [-0.4, -0.2) is 9.55 Å². The van der Waals surface area contributed by atoms with Crippen LogP contribution in [0.25, 0.3) is 0 Å². The average Bonchev–Trinajstić information content (AvgIpc) is 2.77. The Hall–Kier alpha value is -1.57. The first-order chi connectivity index (χ1) is 6.79. The Morgan fingerprint density at radius 2 is 2.43 bits per heavy atom. The molecule has 72 valence electrons. The molecule has 0 saturated carbocycles. The quantitative estimate of drug-likeness (QED) is 0.709. The third-order valence-electron chi connectivity index (χ3n) is 2.52. The number of aromatic nitrogens is 2. The third-order valence-corrected chi connectivity index (χ3v) is 2.52. The van der Waals surface area contributed by atoms with E-state index in [1.54, 1.807) is 0 Å². The summed E-state index contributed by atoms with van der Waals surface area (Å²) in [5, 5.41) is 0. The van der Waals surface area contributed by atoms with E-state index in [9.17, 15) is 0 Å². The minimum Gasteiger partial charge on any atom is -0.331 e. The van der Waals surface area contributed by atoms with Gasteiger partial charge in [0.1, 0.15) is 5.82 Å². The van der Waals surface area contributed by atoms with Crippen molar-refractivity contribution >= 4 is 0 Å². The summed E-state index contributed by atoms with van der Waals surface area (Å²) in [4.78, 5) is 4.20. The first-order valence-corrected chi connectivity index (χ1v) is 4.78. The van der Waals surface area contributed by atoms with Crippen LogP contribution in [0.3, 0.4) is 0 Å². The summed E-state index contributed by atoms with van der Waals surface area (Å²) < 4.78 is 2.16. The molecule has 0 amide bonds. The molecule has 0 N–H and O–H groups in total. The second-order valence-corrected chi connectivity index (χ2v) is 3.55. The molecule has 1 aromatic rings. The topological polar surface area (TPSA) is 17.8 Å². The maximum Gasteiger partial charge on any atom is 0.105 e. The number of rotatable bonds is 3. The number of hydrogen-bond acceptors (Lipinski definition) is 1. The second-order valence-electron chi connectivity index (χ2n) is 3.55. The minimum absolute atomic E-state index is 0.944. The fourth-order valence-electron chi connectivity index (χ4n) is 1.64. The first kappa shape index (κ1) is 9.00. The second kappa shape index (κ2) is 3.66. The highest BCUT2D eigenvalue weighted by Crippen LogP contribution is 2.21. The summed E-state index contributed by atoms with van der Waals surface area (Å²) in [5.74, 6) is 1.07. The molecule has 0 fully saturated rings. The van der Waals surface area contributed by atoms with E-state index >= 15 is 0 Å². The maximum absolute atomic E-state index is 4.20. The maximum atomic E-state index is 4.20. The standard InChI is InChI=1S/C12H14N2/c1-3-11-4-5-12(8-11)9-14-7-6-13-10(14)2/h3-7H,1,8-9H2,2H3.